The fourth-order valence-electron chi connectivity index (χ4n) is 8.49. The molecule has 49 heavy (non-hydrogen) atoms. The summed E-state index contributed by atoms with van der Waals surface area (Å²) in [4.78, 5) is 24.4. The molecule has 4 aromatic rings. The average Bonchev–Trinajstić information content (AvgIpc) is 3.02. The van der Waals surface area contributed by atoms with Gasteiger partial charge in [0.15, 0.2) is 0 Å². The molecule has 0 spiro atoms. The van der Waals surface area contributed by atoms with E-state index in [1.54, 1.807) is 24.3 Å². The Balaban J connectivity index is 1.53. The predicted octanol–water partition coefficient (Wildman–Crippen LogP) is 10.8. The van der Waals surface area contributed by atoms with Crippen LogP contribution in [0, 0.1) is 0 Å². The van der Waals surface area contributed by atoms with Crippen molar-refractivity contribution in [2.24, 2.45) is 0 Å². The highest BCUT2D eigenvalue weighted by Crippen LogP contribution is 2.51. The van der Waals surface area contributed by atoms with E-state index in [2.05, 4.69) is 79.7 Å². The zero-order valence-electron chi connectivity index (χ0n) is 30.3. The first-order valence-corrected chi connectivity index (χ1v) is 17.6. The van der Waals surface area contributed by atoms with Crippen molar-refractivity contribution in [1.29, 1.82) is 0 Å². The highest BCUT2D eigenvalue weighted by Gasteiger charge is 2.41. The molecule has 0 saturated heterocycles. The van der Waals surface area contributed by atoms with Crippen molar-refractivity contribution in [2.45, 2.75) is 116 Å². The molecule has 0 heterocycles. The van der Waals surface area contributed by atoms with E-state index >= 15 is 0 Å². The molecule has 2 N–H and O–H groups in total. The number of aromatic carboxylic acids is 2. The van der Waals surface area contributed by atoms with Crippen LogP contribution in [0.3, 0.4) is 0 Å². The van der Waals surface area contributed by atoms with Gasteiger partial charge >= 0.3 is 11.9 Å². The molecule has 6 rings (SSSR count). The van der Waals surface area contributed by atoms with Crippen molar-refractivity contribution in [3.05, 3.63) is 128 Å². The van der Waals surface area contributed by atoms with E-state index in [4.69, 9.17) is 4.74 Å². The van der Waals surface area contributed by atoms with Crippen molar-refractivity contribution in [2.75, 3.05) is 0 Å². The Hall–Kier alpha value is -4.38. The molecule has 0 atom stereocenters. The maximum absolute atomic E-state index is 12.2. The molecule has 0 radical (unpaired) electrons. The third-order valence-electron chi connectivity index (χ3n) is 11.4. The smallest absolute Gasteiger partial charge is 0.335 e. The molecule has 0 unspecified atom stereocenters. The maximum atomic E-state index is 12.2. The van der Waals surface area contributed by atoms with Crippen LogP contribution in [0.25, 0.3) is 0 Å². The number of carboxylic acids is 2. The van der Waals surface area contributed by atoms with Gasteiger partial charge in [-0.25, -0.2) is 9.59 Å². The minimum Gasteiger partial charge on any atom is -0.478 e. The van der Waals surface area contributed by atoms with Crippen LogP contribution in [0.4, 0.5) is 0 Å². The summed E-state index contributed by atoms with van der Waals surface area (Å²) in [5.74, 6) is -0.379. The Morgan fingerprint density at radius 3 is 1.24 bits per heavy atom. The van der Waals surface area contributed by atoms with E-state index in [1.807, 2.05) is 24.3 Å². The van der Waals surface area contributed by atoms with E-state index in [0.717, 1.165) is 59.4 Å². The maximum Gasteiger partial charge on any atom is 0.335 e. The predicted molar refractivity (Wildman–Crippen MR) is 196 cm³/mol. The van der Waals surface area contributed by atoms with Gasteiger partial charge in [0.05, 0.1) is 11.1 Å². The fraction of sp³-hybridized carbons (Fsp3) is 0.409. The molecular weight excluding hydrogens is 608 g/mol. The van der Waals surface area contributed by atoms with Gasteiger partial charge in [-0.05, 0) is 141 Å². The number of carboxylic acid groups (broad SMARTS) is 2. The van der Waals surface area contributed by atoms with Gasteiger partial charge in [-0.15, -0.1) is 0 Å². The van der Waals surface area contributed by atoms with Gasteiger partial charge < -0.3 is 14.9 Å². The topological polar surface area (TPSA) is 83.8 Å². The fourth-order valence-corrected chi connectivity index (χ4v) is 8.49. The van der Waals surface area contributed by atoms with Gasteiger partial charge in [-0.3, -0.25) is 0 Å². The van der Waals surface area contributed by atoms with E-state index in [-0.39, 0.29) is 21.7 Å². The number of hydrogen-bond acceptors (Lipinski definition) is 3. The minimum atomic E-state index is -0.923. The van der Waals surface area contributed by atoms with Crippen molar-refractivity contribution in [1.82, 2.24) is 0 Å². The second-order valence-electron chi connectivity index (χ2n) is 16.9. The lowest BCUT2D eigenvalue weighted by Crippen LogP contribution is -2.35. The number of fused-ring (bicyclic) bond motifs is 2. The van der Waals surface area contributed by atoms with E-state index in [1.165, 1.54) is 22.3 Å². The Kier molecular flexibility index (Phi) is 8.58. The zero-order chi connectivity index (χ0) is 35.5. The Morgan fingerprint density at radius 2 is 0.878 bits per heavy atom. The molecule has 0 saturated carbocycles. The molecule has 256 valence electrons. The number of hydrogen-bond donors (Lipinski definition) is 2. The molecule has 5 nitrogen and oxygen atoms in total. The molecule has 0 aromatic heterocycles. The Morgan fingerprint density at radius 1 is 0.531 bits per heavy atom. The van der Waals surface area contributed by atoms with E-state index in [0.29, 0.717) is 24.0 Å². The van der Waals surface area contributed by atoms with Crippen LogP contribution in [0.5, 0.6) is 11.5 Å². The van der Waals surface area contributed by atoms with Crippen molar-refractivity contribution < 1.29 is 24.5 Å². The lowest BCUT2D eigenvalue weighted by molar-refractivity contribution is 0.0685. The summed E-state index contributed by atoms with van der Waals surface area (Å²) in [6, 6.07) is 23.2. The molecule has 0 fully saturated rings. The first-order chi connectivity index (χ1) is 22.9. The third-order valence-corrected chi connectivity index (χ3v) is 11.4. The number of benzene rings is 4. The van der Waals surface area contributed by atoms with Crippen molar-refractivity contribution >= 4 is 11.9 Å². The second-order valence-corrected chi connectivity index (χ2v) is 16.9. The summed E-state index contributed by atoms with van der Waals surface area (Å²) in [7, 11) is 0. The summed E-state index contributed by atoms with van der Waals surface area (Å²) in [5, 5.41) is 20.0. The first-order valence-electron chi connectivity index (χ1n) is 17.6. The van der Waals surface area contributed by atoms with Gasteiger partial charge in [0, 0.05) is 0 Å². The van der Waals surface area contributed by atoms with Crippen LogP contribution >= 0.6 is 0 Å². The van der Waals surface area contributed by atoms with Crippen molar-refractivity contribution in [3.63, 3.8) is 0 Å². The van der Waals surface area contributed by atoms with Crippen LogP contribution in [0.2, 0.25) is 0 Å². The molecule has 4 aromatic carbocycles. The van der Waals surface area contributed by atoms with E-state index in [9.17, 15) is 19.8 Å². The first kappa shape index (κ1) is 34.5. The molecular formula is C44H50O5. The summed E-state index contributed by atoms with van der Waals surface area (Å²) < 4.78 is 6.91. The van der Waals surface area contributed by atoms with Gasteiger partial charge in [0.2, 0.25) is 0 Å². The lowest BCUT2D eigenvalue weighted by Gasteiger charge is -2.44. The van der Waals surface area contributed by atoms with Crippen LogP contribution in [-0.2, 0) is 34.5 Å². The minimum absolute atomic E-state index is 0.0803. The Bertz CT molecular complexity index is 1820. The normalized spacial score (nSPS) is 18.2. The Labute approximate surface area is 291 Å². The quantitative estimate of drug-likeness (QED) is 0.197. The SMILES string of the molecule is CC1(C)CCC(C)(C)c2c(Cc3ccccc3C(=O)O)cc(Oc3cc(Cc4ccccc4C(=O)O)c4c(c3)C(C)(C)CCC4(C)C)cc21. The second kappa shape index (κ2) is 12.2. The van der Waals surface area contributed by atoms with Gasteiger partial charge in [0.25, 0.3) is 0 Å². The van der Waals surface area contributed by atoms with Crippen LogP contribution in [0.15, 0.2) is 72.8 Å². The molecule has 0 bridgehead atoms. The zero-order valence-corrected chi connectivity index (χ0v) is 30.3. The molecule has 2 aliphatic carbocycles. The molecule has 5 heteroatoms. The number of rotatable bonds is 8. The van der Waals surface area contributed by atoms with Gasteiger partial charge in [0.1, 0.15) is 11.5 Å². The summed E-state index contributed by atoms with van der Waals surface area (Å²) >= 11 is 0. The average molecular weight is 659 g/mol. The highest BCUT2D eigenvalue weighted by molar-refractivity contribution is 5.90. The number of carbonyl (C=O) groups is 2. The third kappa shape index (κ3) is 6.52. The van der Waals surface area contributed by atoms with Crippen molar-refractivity contribution in [3.8, 4) is 11.5 Å². The largest absolute Gasteiger partial charge is 0.478 e. The van der Waals surface area contributed by atoms with E-state index < -0.39 is 11.9 Å². The van der Waals surface area contributed by atoms with Gasteiger partial charge in [-0.2, -0.15) is 0 Å². The molecule has 2 aliphatic rings. The van der Waals surface area contributed by atoms with Crippen LogP contribution in [0.1, 0.15) is 146 Å². The molecule has 0 amide bonds. The monoisotopic (exact) mass is 658 g/mol. The molecule has 0 aliphatic heterocycles. The van der Waals surface area contributed by atoms with Gasteiger partial charge in [-0.1, -0.05) is 91.8 Å². The van der Waals surface area contributed by atoms with Crippen LogP contribution < -0.4 is 4.74 Å². The van der Waals surface area contributed by atoms with Crippen LogP contribution in [-0.4, -0.2) is 22.2 Å². The standard InChI is InChI=1S/C44H50O5/c1-41(2)17-19-43(5,6)37-29(21-27-13-9-11-15-33(27)39(45)46)23-31(25-35(37)41)49-32-24-30(22-28-14-10-12-16-34(28)40(47)48)38-36(26-32)42(3,4)18-20-44(38,7)8/h9-16,23-26H,17-22H2,1-8H3,(H,45,46)(H,47,48). The summed E-state index contributed by atoms with van der Waals surface area (Å²) in [6.45, 7) is 18.3. The summed E-state index contributed by atoms with van der Waals surface area (Å²) in [6.07, 6.45) is 5.14. The summed E-state index contributed by atoms with van der Waals surface area (Å²) in [5.41, 5.74) is 9.13. The number of ether oxygens (including phenoxy) is 1. The highest BCUT2D eigenvalue weighted by atomic mass is 16.5. The lowest BCUT2D eigenvalue weighted by atomic mass is 9.61.